The van der Waals surface area contributed by atoms with Crippen molar-refractivity contribution in [2.24, 2.45) is 0 Å². The van der Waals surface area contributed by atoms with Gasteiger partial charge in [0.15, 0.2) is 0 Å². The third-order valence-electron chi connectivity index (χ3n) is 8.37. The van der Waals surface area contributed by atoms with E-state index in [1.807, 2.05) is 60.7 Å². The summed E-state index contributed by atoms with van der Waals surface area (Å²) in [5.41, 5.74) is 7.65. The summed E-state index contributed by atoms with van der Waals surface area (Å²) < 4.78 is 21.4. The first-order valence-corrected chi connectivity index (χ1v) is 17.9. The molecule has 2 N–H and O–H groups in total. The largest absolute Gasteiger partial charge is 0.490 e. The van der Waals surface area contributed by atoms with Crippen LogP contribution in [0, 0.1) is 11.8 Å². The monoisotopic (exact) mass is 716 g/mol. The van der Waals surface area contributed by atoms with Crippen LogP contribution in [0.4, 0.5) is 0 Å². The van der Waals surface area contributed by atoms with Gasteiger partial charge < -0.3 is 29.2 Å². The summed E-state index contributed by atoms with van der Waals surface area (Å²) in [7, 11) is 0. The van der Waals surface area contributed by atoms with Crippen molar-refractivity contribution < 1.29 is 38.7 Å². The third kappa shape index (κ3) is 13.1. The Labute approximate surface area is 312 Å². The van der Waals surface area contributed by atoms with Crippen LogP contribution in [-0.2, 0) is 25.5 Å². The number of aliphatic hydroxyl groups is 2. The molecule has 4 aromatic carbocycles. The fourth-order valence-electron chi connectivity index (χ4n) is 5.36. The smallest absolute Gasteiger partial charge is 0.335 e. The minimum atomic E-state index is -0.638. The molecule has 4 rings (SSSR count). The van der Waals surface area contributed by atoms with Gasteiger partial charge in [-0.3, -0.25) is 0 Å². The van der Waals surface area contributed by atoms with Crippen LogP contribution >= 0.6 is 0 Å². The van der Waals surface area contributed by atoms with E-state index in [-0.39, 0.29) is 37.6 Å². The SMILES string of the molecule is C=C(CO)C(=O)OCCOc1ccc(C#Cc2ccc(-c3ccc(-c4ccc(OCCOC(=O)C(=C)CO)cc4)cc3CCCCCCC)cc2)cc1. The number of benzene rings is 4. The van der Waals surface area contributed by atoms with Gasteiger partial charge in [0.05, 0.1) is 24.4 Å². The summed E-state index contributed by atoms with van der Waals surface area (Å²) >= 11 is 0. The number of rotatable bonds is 20. The lowest BCUT2D eigenvalue weighted by Crippen LogP contribution is -2.14. The molecule has 53 heavy (non-hydrogen) atoms. The number of carbonyl (C=O) groups excluding carboxylic acids is 2. The van der Waals surface area contributed by atoms with E-state index in [1.54, 1.807) is 0 Å². The Hall–Kier alpha value is -5.62. The highest BCUT2D eigenvalue weighted by Crippen LogP contribution is 2.31. The van der Waals surface area contributed by atoms with Crippen LogP contribution in [0.1, 0.15) is 55.7 Å². The number of unbranched alkanes of at least 4 members (excludes halogenated alkanes) is 4. The van der Waals surface area contributed by atoms with Gasteiger partial charge in [-0.25, -0.2) is 9.59 Å². The summed E-state index contributed by atoms with van der Waals surface area (Å²) in [6.45, 7) is 8.74. The molecule has 0 fully saturated rings. The van der Waals surface area contributed by atoms with Crippen molar-refractivity contribution in [1.29, 1.82) is 0 Å². The minimum absolute atomic E-state index is 0.00568. The highest BCUT2D eigenvalue weighted by molar-refractivity contribution is 5.88. The second-order valence-corrected chi connectivity index (χ2v) is 12.4. The fraction of sp³-hybridized carbons (Fsp3) is 0.289. The van der Waals surface area contributed by atoms with Gasteiger partial charge in [-0.15, -0.1) is 0 Å². The average Bonchev–Trinajstić information content (AvgIpc) is 3.20. The van der Waals surface area contributed by atoms with Gasteiger partial charge >= 0.3 is 11.9 Å². The van der Waals surface area contributed by atoms with Crippen LogP contribution in [0.15, 0.2) is 115 Å². The van der Waals surface area contributed by atoms with E-state index in [4.69, 9.17) is 29.2 Å². The zero-order valence-corrected chi connectivity index (χ0v) is 30.4. The highest BCUT2D eigenvalue weighted by Gasteiger charge is 2.11. The topological polar surface area (TPSA) is 112 Å². The fourth-order valence-corrected chi connectivity index (χ4v) is 5.36. The first-order valence-electron chi connectivity index (χ1n) is 17.9. The van der Waals surface area contributed by atoms with Gasteiger partial charge in [0.1, 0.15) is 37.9 Å². The van der Waals surface area contributed by atoms with Gasteiger partial charge in [-0.05, 0) is 89.2 Å². The molecule has 0 aliphatic carbocycles. The molecule has 0 aliphatic heterocycles. The van der Waals surface area contributed by atoms with E-state index in [2.05, 4.69) is 62.3 Å². The van der Waals surface area contributed by atoms with E-state index >= 15 is 0 Å². The number of carbonyl (C=O) groups is 2. The summed E-state index contributed by atoms with van der Waals surface area (Å²) in [6, 6.07) is 30.3. The maximum Gasteiger partial charge on any atom is 0.335 e. The Morgan fingerprint density at radius 2 is 1.06 bits per heavy atom. The molecule has 0 amide bonds. The van der Waals surface area contributed by atoms with Crippen molar-refractivity contribution in [1.82, 2.24) is 0 Å². The van der Waals surface area contributed by atoms with Crippen molar-refractivity contribution in [3.63, 3.8) is 0 Å². The molecule has 4 aromatic rings. The lowest BCUT2D eigenvalue weighted by Gasteiger charge is -2.14. The number of hydrogen-bond acceptors (Lipinski definition) is 8. The zero-order chi connectivity index (χ0) is 37.8. The van der Waals surface area contributed by atoms with Crippen LogP contribution in [0.5, 0.6) is 11.5 Å². The van der Waals surface area contributed by atoms with Crippen LogP contribution in [0.25, 0.3) is 22.3 Å². The number of esters is 2. The number of aryl methyl sites for hydroxylation is 1. The zero-order valence-electron chi connectivity index (χ0n) is 30.4. The Bertz CT molecular complexity index is 1860. The minimum Gasteiger partial charge on any atom is -0.490 e. The molecule has 0 bridgehead atoms. The standard InChI is InChI=1S/C45H48O8/c1-4-5-6-7-8-9-40-30-39(37-18-23-42(24-19-37)51-27-29-53-45(49)34(3)32-47)20-25-43(40)38-16-12-35(13-17-38)10-11-36-14-21-41(22-15-36)50-26-28-52-44(48)33(2)31-46/h12-25,30,46-47H,2-9,26-29,31-32H2,1H3. The molecular formula is C45H48O8. The lowest BCUT2D eigenvalue weighted by atomic mass is 9.91. The summed E-state index contributed by atoms with van der Waals surface area (Å²) in [6.07, 6.45) is 7.02. The van der Waals surface area contributed by atoms with E-state index in [0.717, 1.165) is 40.7 Å². The van der Waals surface area contributed by atoms with Gasteiger partial charge in [0.2, 0.25) is 0 Å². The van der Waals surface area contributed by atoms with Crippen LogP contribution in [-0.4, -0.2) is 61.8 Å². The molecule has 8 heteroatoms. The van der Waals surface area contributed by atoms with Crippen molar-refractivity contribution in [3.8, 4) is 45.6 Å². The first-order chi connectivity index (χ1) is 25.8. The van der Waals surface area contributed by atoms with Gasteiger partial charge in [0.25, 0.3) is 0 Å². The molecule has 8 nitrogen and oxygen atoms in total. The third-order valence-corrected chi connectivity index (χ3v) is 8.37. The number of ether oxygens (including phenoxy) is 4. The predicted octanol–water partition coefficient (Wildman–Crippen LogP) is 7.87. The Morgan fingerprint density at radius 3 is 1.58 bits per heavy atom. The second-order valence-electron chi connectivity index (χ2n) is 12.4. The molecule has 0 unspecified atom stereocenters. The Balaban J connectivity index is 1.39. The molecule has 0 saturated carbocycles. The molecule has 0 atom stereocenters. The van der Waals surface area contributed by atoms with Crippen molar-refractivity contribution >= 4 is 11.9 Å². The van der Waals surface area contributed by atoms with E-state index in [1.165, 1.54) is 36.8 Å². The quantitative estimate of drug-likeness (QED) is 0.0412. The molecule has 0 spiro atoms. The lowest BCUT2D eigenvalue weighted by molar-refractivity contribution is -0.141. The van der Waals surface area contributed by atoms with Gasteiger partial charge in [0, 0.05) is 11.1 Å². The first kappa shape index (κ1) is 40.2. The van der Waals surface area contributed by atoms with E-state index in [9.17, 15) is 9.59 Å². The van der Waals surface area contributed by atoms with Crippen molar-refractivity contribution in [3.05, 3.63) is 132 Å². The molecule has 0 saturated heterocycles. The Kier molecular flexibility index (Phi) is 16.4. The second kappa shape index (κ2) is 21.7. The molecule has 0 aromatic heterocycles. The molecule has 0 aliphatic rings. The van der Waals surface area contributed by atoms with Gasteiger partial charge in [-0.2, -0.15) is 0 Å². The van der Waals surface area contributed by atoms with Crippen molar-refractivity contribution in [2.75, 3.05) is 39.6 Å². The summed E-state index contributed by atoms with van der Waals surface area (Å²) in [4.78, 5) is 23.2. The number of aliphatic hydroxyl groups excluding tert-OH is 2. The molecule has 0 radical (unpaired) electrons. The van der Waals surface area contributed by atoms with E-state index in [0.29, 0.717) is 11.5 Å². The van der Waals surface area contributed by atoms with Crippen LogP contribution in [0.3, 0.4) is 0 Å². The number of hydrogen-bond donors (Lipinski definition) is 2. The van der Waals surface area contributed by atoms with Crippen molar-refractivity contribution in [2.45, 2.75) is 45.4 Å². The highest BCUT2D eigenvalue weighted by atomic mass is 16.6. The maximum atomic E-state index is 11.6. The van der Waals surface area contributed by atoms with Gasteiger partial charge in [-0.1, -0.05) is 100 Å². The maximum absolute atomic E-state index is 11.6. The summed E-state index contributed by atoms with van der Waals surface area (Å²) in [5, 5.41) is 17.9. The molecule has 0 heterocycles. The molecule has 276 valence electrons. The molecular weight excluding hydrogens is 668 g/mol. The van der Waals surface area contributed by atoms with Crippen LogP contribution < -0.4 is 9.47 Å². The summed E-state index contributed by atoms with van der Waals surface area (Å²) in [5.74, 6) is 6.50. The average molecular weight is 717 g/mol. The normalized spacial score (nSPS) is 10.5. The van der Waals surface area contributed by atoms with E-state index < -0.39 is 25.2 Å². The Morgan fingerprint density at radius 1 is 0.585 bits per heavy atom. The predicted molar refractivity (Wildman–Crippen MR) is 208 cm³/mol. The van der Waals surface area contributed by atoms with Crippen LogP contribution in [0.2, 0.25) is 0 Å².